The summed E-state index contributed by atoms with van der Waals surface area (Å²) in [5.41, 5.74) is 0.473. The van der Waals surface area contributed by atoms with E-state index in [4.69, 9.17) is 4.74 Å². The van der Waals surface area contributed by atoms with Crippen LogP contribution in [-0.2, 0) is 9.59 Å². The third kappa shape index (κ3) is 6.45. The lowest BCUT2D eigenvalue weighted by Gasteiger charge is -2.23. The number of carbonyl (C=O) groups is 3. The van der Waals surface area contributed by atoms with Gasteiger partial charge < -0.3 is 20.7 Å². The number of unbranched alkanes of at least 4 members (excludes halogenated alkanes) is 1. The summed E-state index contributed by atoms with van der Waals surface area (Å²) in [6, 6.07) is 6.75. The Morgan fingerprint density at radius 3 is 2.68 bits per heavy atom. The second kappa shape index (κ2) is 9.66. The van der Waals surface area contributed by atoms with E-state index in [9.17, 15) is 14.4 Å². The van der Waals surface area contributed by atoms with Crippen molar-refractivity contribution in [2.75, 3.05) is 19.7 Å². The van der Waals surface area contributed by atoms with Gasteiger partial charge in [0, 0.05) is 24.6 Å². The maximum Gasteiger partial charge on any atom is 0.251 e. The van der Waals surface area contributed by atoms with Crippen LogP contribution >= 0.6 is 0 Å². The van der Waals surface area contributed by atoms with E-state index in [1.807, 2.05) is 0 Å². The molecule has 25 heavy (non-hydrogen) atoms. The number of ether oxygens (including phenoxy) is 1. The fourth-order valence-corrected chi connectivity index (χ4v) is 2.43. The van der Waals surface area contributed by atoms with E-state index < -0.39 is 0 Å². The van der Waals surface area contributed by atoms with Gasteiger partial charge in [0.05, 0.1) is 13.2 Å². The van der Waals surface area contributed by atoms with Gasteiger partial charge in [-0.15, -0.1) is 0 Å². The highest BCUT2D eigenvalue weighted by Crippen LogP contribution is 2.12. The fraction of sp³-hybridized carbons (Fsp3) is 0.500. The standard InChI is InChI=1S/C18H25N3O4/c1-2-3-10-25-15-7-4-13(5-8-15)18(24)20-12-17(23)21-14-6-9-16(22)19-11-14/h4-5,7-8,14H,2-3,6,9-12H2,1H3,(H,19,22)(H,20,24)(H,21,23). The Morgan fingerprint density at radius 2 is 2.04 bits per heavy atom. The molecule has 1 saturated heterocycles. The van der Waals surface area contributed by atoms with E-state index in [2.05, 4.69) is 22.9 Å². The predicted molar refractivity (Wildman–Crippen MR) is 93.4 cm³/mol. The van der Waals surface area contributed by atoms with Crippen molar-refractivity contribution in [2.24, 2.45) is 0 Å². The van der Waals surface area contributed by atoms with Gasteiger partial charge in [0.1, 0.15) is 5.75 Å². The van der Waals surface area contributed by atoms with Gasteiger partial charge in [-0.2, -0.15) is 0 Å². The number of hydrogen-bond acceptors (Lipinski definition) is 4. The van der Waals surface area contributed by atoms with Crippen LogP contribution in [0.3, 0.4) is 0 Å². The average molecular weight is 347 g/mol. The lowest BCUT2D eigenvalue weighted by Crippen LogP contribution is -2.50. The van der Waals surface area contributed by atoms with Crippen LogP contribution in [0.2, 0.25) is 0 Å². The van der Waals surface area contributed by atoms with E-state index in [-0.39, 0.29) is 30.3 Å². The molecule has 1 heterocycles. The zero-order valence-electron chi connectivity index (χ0n) is 14.5. The molecule has 7 heteroatoms. The lowest BCUT2D eigenvalue weighted by molar-refractivity contribution is -0.125. The van der Waals surface area contributed by atoms with E-state index in [1.165, 1.54) is 0 Å². The van der Waals surface area contributed by atoms with Gasteiger partial charge in [0.25, 0.3) is 5.91 Å². The van der Waals surface area contributed by atoms with Crippen LogP contribution in [-0.4, -0.2) is 43.5 Å². The summed E-state index contributed by atoms with van der Waals surface area (Å²) in [6.07, 6.45) is 3.08. The van der Waals surface area contributed by atoms with Crippen LogP contribution in [0, 0.1) is 0 Å². The van der Waals surface area contributed by atoms with E-state index in [0.29, 0.717) is 31.6 Å². The third-order valence-corrected chi connectivity index (χ3v) is 3.92. The van der Waals surface area contributed by atoms with Gasteiger partial charge in [-0.25, -0.2) is 0 Å². The third-order valence-electron chi connectivity index (χ3n) is 3.92. The average Bonchev–Trinajstić information content (AvgIpc) is 2.62. The maximum atomic E-state index is 12.1. The first-order valence-corrected chi connectivity index (χ1v) is 8.65. The first kappa shape index (κ1) is 18.8. The number of rotatable bonds is 8. The van der Waals surface area contributed by atoms with Gasteiger partial charge in [-0.1, -0.05) is 13.3 Å². The smallest absolute Gasteiger partial charge is 0.251 e. The van der Waals surface area contributed by atoms with Crippen molar-refractivity contribution >= 4 is 17.7 Å². The van der Waals surface area contributed by atoms with Crippen molar-refractivity contribution < 1.29 is 19.1 Å². The monoisotopic (exact) mass is 347 g/mol. The summed E-state index contributed by atoms with van der Waals surface area (Å²) in [5, 5.41) is 8.08. The van der Waals surface area contributed by atoms with Crippen LogP contribution in [0.25, 0.3) is 0 Å². The van der Waals surface area contributed by atoms with Gasteiger partial charge in [0.15, 0.2) is 0 Å². The molecule has 136 valence electrons. The van der Waals surface area contributed by atoms with Gasteiger partial charge in [-0.3, -0.25) is 14.4 Å². The molecule has 1 aromatic carbocycles. The fourth-order valence-electron chi connectivity index (χ4n) is 2.43. The minimum atomic E-state index is -0.313. The van der Waals surface area contributed by atoms with Gasteiger partial charge in [0.2, 0.25) is 11.8 Å². The molecule has 7 nitrogen and oxygen atoms in total. The highest BCUT2D eigenvalue weighted by atomic mass is 16.5. The maximum absolute atomic E-state index is 12.1. The molecule has 0 aliphatic carbocycles. The number of benzene rings is 1. The summed E-state index contributed by atoms with van der Waals surface area (Å²) in [4.78, 5) is 35.0. The SMILES string of the molecule is CCCCOc1ccc(C(=O)NCC(=O)NC2CCC(=O)NC2)cc1. The minimum Gasteiger partial charge on any atom is -0.494 e. The lowest BCUT2D eigenvalue weighted by atomic mass is 10.1. The van der Waals surface area contributed by atoms with Crippen LogP contribution in [0.4, 0.5) is 0 Å². The Hall–Kier alpha value is -2.57. The number of amides is 3. The Morgan fingerprint density at radius 1 is 1.28 bits per heavy atom. The second-order valence-electron chi connectivity index (χ2n) is 6.02. The zero-order chi connectivity index (χ0) is 18.1. The molecule has 3 amide bonds. The van der Waals surface area contributed by atoms with Crippen molar-refractivity contribution in [1.29, 1.82) is 0 Å². The Kier molecular flexibility index (Phi) is 7.25. The minimum absolute atomic E-state index is 0.000854. The van der Waals surface area contributed by atoms with Gasteiger partial charge in [-0.05, 0) is 37.1 Å². The van der Waals surface area contributed by atoms with Crippen molar-refractivity contribution in [3.8, 4) is 5.75 Å². The largest absolute Gasteiger partial charge is 0.494 e. The molecule has 2 rings (SSSR count). The summed E-state index contributed by atoms with van der Waals surface area (Å²) in [7, 11) is 0. The molecule has 0 radical (unpaired) electrons. The number of piperidine rings is 1. The van der Waals surface area contributed by atoms with Crippen LogP contribution < -0.4 is 20.7 Å². The van der Waals surface area contributed by atoms with Gasteiger partial charge >= 0.3 is 0 Å². The highest BCUT2D eigenvalue weighted by molar-refractivity contribution is 5.96. The number of carbonyl (C=O) groups excluding carboxylic acids is 3. The van der Waals surface area contributed by atoms with E-state index in [1.54, 1.807) is 24.3 Å². The molecule has 1 aliphatic heterocycles. The van der Waals surface area contributed by atoms with Crippen molar-refractivity contribution in [1.82, 2.24) is 16.0 Å². The normalized spacial score (nSPS) is 16.7. The van der Waals surface area contributed by atoms with Crippen LogP contribution in [0.15, 0.2) is 24.3 Å². The molecular formula is C18H25N3O4. The van der Waals surface area contributed by atoms with Crippen molar-refractivity contribution in [2.45, 2.75) is 38.6 Å². The molecule has 1 fully saturated rings. The Labute approximate surface area is 147 Å². The molecule has 0 aromatic heterocycles. The van der Waals surface area contributed by atoms with Crippen LogP contribution in [0.5, 0.6) is 5.75 Å². The molecule has 0 spiro atoms. The molecular weight excluding hydrogens is 322 g/mol. The molecule has 0 saturated carbocycles. The summed E-state index contributed by atoms with van der Waals surface area (Å²) in [6.45, 7) is 3.08. The Balaban J connectivity index is 1.72. The molecule has 1 aromatic rings. The highest BCUT2D eigenvalue weighted by Gasteiger charge is 2.19. The van der Waals surface area contributed by atoms with E-state index in [0.717, 1.165) is 18.6 Å². The summed E-state index contributed by atoms with van der Waals surface area (Å²) in [5.74, 6) is 0.143. The number of nitrogens with one attached hydrogen (secondary N) is 3. The molecule has 1 unspecified atom stereocenters. The van der Waals surface area contributed by atoms with Crippen molar-refractivity contribution in [3.63, 3.8) is 0 Å². The van der Waals surface area contributed by atoms with E-state index >= 15 is 0 Å². The topological polar surface area (TPSA) is 96.5 Å². The van der Waals surface area contributed by atoms with Crippen LogP contribution in [0.1, 0.15) is 43.0 Å². The quantitative estimate of drug-likeness (QED) is 0.611. The van der Waals surface area contributed by atoms with Crippen molar-refractivity contribution in [3.05, 3.63) is 29.8 Å². The molecule has 1 atom stereocenters. The molecule has 1 aliphatic rings. The molecule has 0 bridgehead atoms. The zero-order valence-corrected chi connectivity index (χ0v) is 14.5. The first-order valence-electron chi connectivity index (χ1n) is 8.65. The summed E-state index contributed by atoms with van der Waals surface area (Å²) >= 11 is 0. The Bertz CT molecular complexity index is 591. The first-order chi connectivity index (χ1) is 12.1. The second-order valence-corrected chi connectivity index (χ2v) is 6.02. The predicted octanol–water partition coefficient (Wildman–Crippen LogP) is 0.990. The summed E-state index contributed by atoms with van der Waals surface area (Å²) < 4.78 is 5.55. The molecule has 3 N–H and O–H groups in total. The number of hydrogen-bond donors (Lipinski definition) is 3.